The molecule has 6 nitrogen and oxygen atoms in total. The summed E-state index contributed by atoms with van der Waals surface area (Å²) in [6.07, 6.45) is 5.98. The highest BCUT2D eigenvalue weighted by atomic mass is 16.4. The minimum Gasteiger partial charge on any atom is -0.419 e. The van der Waals surface area contributed by atoms with Gasteiger partial charge in [0.2, 0.25) is 17.7 Å². The highest BCUT2D eigenvalue weighted by Crippen LogP contribution is 2.18. The van der Waals surface area contributed by atoms with E-state index in [0.717, 1.165) is 24.9 Å². The molecule has 1 aliphatic rings. The van der Waals surface area contributed by atoms with E-state index in [-0.39, 0.29) is 5.91 Å². The average Bonchev–Trinajstić information content (AvgIpc) is 2.91. The Bertz CT molecular complexity index is 567. The van der Waals surface area contributed by atoms with E-state index < -0.39 is 0 Å². The van der Waals surface area contributed by atoms with Crippen molar-refractivity contribution >= 4 is 5.91 Å². The number of aromatic nitrogens is 3. The van der Waals surface area contributed by atoms with Crippen LogP contribution in [0.5, 0.6) is 0 Å². The Hall–Kier alpha value is -2.24. The van der Waals surface area contributed by atoms with Gasteiger partial charge in [0.15, 0.2) is 0 Å². The third kappa shape index (κ3) is 2.62. The van der Waals surface area contributed by atoms with Crippen LogP contribution in [0.2, 0.25) is 0 Å². The lowest BCUT2D eigenvalue weighted by atomic mass is 10.1. The minimum atomic E-state index is 0.160. The first-order valence-electron chi connectivity index (χ1n) is 6.33. The molecule has 2 aromatic heterocycles. The van der Waals surface area contributed by atoms with Crippen LogP contribution in [0.4, 0.5) is 0 Å². The number of nitrogens with zero attached hydrogens (tertiary/aromatic N) is 4. The van der Waals surface area contributed by atoms with Gasteiger partial charge in [-0.15, -0.1) is 10.2 Å². The molecule has 0 atom stereocenters. The number of carbonyl (C=O) groups excluding carboxylic acids is 1. The molecule has 0 N–H and O–H groups in total. The van der Waals surface area contributed by atoms with Crippen LogP contribution in [0.25, 0.3) is 11.5 Å². The Balaban J connectivity index is 1.73. The van der Waals surface area contributed by atoms with Crippen molar-refractivity contribution in [3.8, 4) is 11.5 Å². The second kappa shape index (κ2) is 5.17. The van der Waals surface area contributed by atoms with Crippen molar-refractivity contribution in [2.24, 2.45) is 0 Å². The van der Waals surface area contributed by atoms with E-state index in [4.69, 9.17) is 4.42 Å². The Morgan fingerprint density at radius 2 is 2.26 bits per heavy atom. The third-order valence-corrected chi connectivity index (χ3v) is 3.12. The maximum Gasteiger partial charge on any atom is 0.249 e. The molecule has 2 aromatic rings. The summed E-state index contributed by atoms with van der Waals surface area (Å²) in [7, 11) is 0. The predicted molar refractivity (Wildman–Crippen MR) is 66.8 cm³/mol. The largest absolute Gasteiger partial charge is 0.419 e. The van der Waals surface area contributed by atoms with Crippen molar-refractivity contribution in [3.05, 3.63) is 30.4 Å². The van der Waals surface area contributed by atoms with Gasteiger partial charge in [0.25, 0.3) is 0 Å². The summed E-state index contributed by atoms with van der Waals surface area (Å²) < 4.78 is 5.56. The quantitative estimate of drug-likeness (QED) is 0.837. The van der Waals surface area contributed by atoms with Gasteiger partial charge in [0, 0.05) is 25.4 Å². The molecule has 0 bridgehead atoms. The number of pyridine rings is 1. The molecule has 1 aliphatic heterocycles. The second-order valence-corrected chi connectivity index (χ2v) is 4.52. The molecule has 98 valence electrons. The molecule has 0 saturated carbocycles. The van der Waals surface area contributed by atoms with Crippen molar-refractivity contribution in [1.82, 2.24) is 20.1 Å². The number of piperidine rings is 1. The van der Waals surface area contributed by atoms with Gasteiger partial charge in [-0.3, -0.25) is 9.78 Å². The fourth-order valence-electron chi connectivity index (χ4n) is 2.12. The topological polar surface area (TPSA) is 72.1 Å². The maximum absolute atomic E-state index is 11.7. The standard InChI is InChI=1S/C13H14N4O2/c18-12-5-1-2-7-17(12)9-11-15-16-13(19-11)10-4-3-6-14-8-10/h3-4,6,8H,1-2,5,7,9H2. The molecule has 0 spiro atoms. The first-order chi connectivity index (χ1) is 9.33. The van der Waals surface area contributed by atoms with Gasteiger partial charge in [-0.1, -0.05) is 0 Å². The van der Waals surface area contributed by atoms with Crippen LogP contribution in [0.3, 0.4) is 0 Å². The fraction of sp³-hybridized carbons (Fsp3) is 0.385. The van der Waals surface area contributed by atoms with E-state index in [2.05, 4.69) is 15.2 Å². The summed E-state index contributed by atoms with van der Waals surface area (Å²) in [6, 6.07) is 3.67. The summed E-state index contributed by atoms with van der Waals surface area (Å²) in [5.41, 5.74) is 0.784. The van der Waals surface area contributed by atoms with Crippen molar-refractivity contribution in [2.75, 3.05) is 6.54 Å². The number of hydrogen-bond donors (Lipinski definition) is 0. The summed E-state index contributed by atoms with van der Waals surface area (Å²) in [5, 5.41) is 7.97. The van der Waals surface area contributed by atoms with E-state index in [9.17, 15) is 4.79 Å². The average molecular weight is 258 g/mol. The molecule has 19 heavy (non-hydrogen) atoms. The first kappa shape index (κ1) is 11.8. The van der Waals surface area contributed by atoms with Gasteiger partial charge in [-0.2, -0.15) is 0 Å². The summed E-state index contributed by atoms with van der Waals surface area (Å²) in [5.74, 6) is 1.06. The van der Waals surface area contributed by atoms with E-state index in [1.54, 1.807) is 17.3 Å². The van der Waals surface area contributed by atoms with Gasteiger partial charge in [0.05, 0.1) is 12.1 Å². The number of likely N-dealkylation sites (tertiary alicyclic amines) is 1. The molecule has 3 heterocycles. The molecule has 0 aromatic carbocycles. The van der Waals surface area contributed by atoms with Crippen LogP contribution in [0.15, 0.2) is 28.9 Å². The minimum absolute atomic E-state index is 0.160. The second-order valence-electron chi connectivity index (χ2n) is 4.52. The van der Waals surface area contributed by atoms with Crippen molar-refractivity contribution in [3.63, 3.8) is 0 Å². The lowest BCUT2D eigenvalue weighted by molar-refractivity contribution is -0.134. The highest BCUT2D eigenvalue weighted by Gasteiger charge is 2.20. The molecule has 3 rings (SSSR count). The monoisotopic (exact) mass is 258 g/mol. The lowest BCUT2D eigenvalue weighted by Crippen LogP contribution is -2.34. The van der Waals surface area contributed by atoms with Crippen molar-refractivity contribution in [2.45, 2.75) is 25.8 Å². The third-order valence-electron chi connectivity index (χ3n) is 3.12. The van der Waals surface area contributed by atoms with Crippen LogP contribution < -0.4 is 0 Å². The Labute approximate surface area is 110 Å². The van der Waals surface area contributed by atoms with E-state index in [1.165, 1.54) is 0 Å². The van der Waals surface area contributed by atoms with Gasteiger partial charge >= 0.3 is 0 Å². The fourth-order valence-corrected chi connectivity index (χ4v) is 2.12. The van der Waals surface area contributed by atoms with Crippen LogP contribution >= 0.6 is 0 Å². The maximum atomic E-state index is 11.7. The zero-order valence-electron chi connectivity index (χ0n) is 10.5. The molecule has 0 unspecified atom stereocenters. The van der Waals surface area contributed by atoms with Gasteiger partial charge in [0.1, 0.15) is 0 Å². The molecule has 1 amide bonds. The molecular weight excluding hydrogens is 244 g/mol. The first-order valence-corrected chi connectivity index (χ1v) is 6.33. The number of hydrogen-bond acceptors (Lipinski definition) is 5. The lowest BCUT2D eigenvalue weighted by Gasteiger charge is -2.24. The summed E-state index contributed by atoms with van der Waals surface area (Å²) in [6.45, 7) is 1.16. The van der Waals surface area contributed by atoms with E-state index in [1.807, 2.05) is 12.1 Å². The SMILES string of the molecule is O=C1CCCCN1Cc1nnc(-c2cccnc2)o1. The van der Waals surface area contributed by atoms with Gasteiger partial charge < -0.3 is 9.32 Å². The van der Waals surface area contributed by atoms with Crippen LogP contribution in [-0.4, -0.2) is 32.5 Å². The van der Waals surface area contributed by atoms with Gasteiger partial charge in [-0.05, 0) is 25.0 Å². The summed E-state index contributed by atoms with van der Waals surface area (Å²) in [4.78, 5) is 17.5. The zero-order chi connectivity index (χ0) is 13.1. The number of amides is 1. The van der Waals surface area contributed by atoms with E-state index >= 15 is 0 Å². The Kier molecular flexibility index (Phi) is 3.22. The molecule has 1 fully saturated rings. The molecule has 1 saturated heterocycles. The smallest absolute Gasteiger partial charge is 0.249 e. The molecular formula is C13H14N4O2. The number of carbonyl (C=O) groups is 1. The molecule has 0 aliphatic carbocycles. The Morgan fingerprint density at radius 1 is 1.32 bits per heavy atom. The molecule has 6 heteroatoms. The van der Waals surface area contributed by atoms with Gasteiger partial charge in [-0.25, -0.2) is 0 Å². The van der Waals surface area contributed by atoms with Crippen molar-refractivity contribution in [1.29, 1.82) is 0 Å². The Morgan fingerprint density at radius 3 is 3.05 bits per heavy atom. The van der Waals surface area contributed by atoms with Crippen LogP contribution in [-0.2, 0) is 11.3 Å². The normalized spacial score (nSPS) is 15.8. The predicted octanol–water partition coefficient (Wildman–Crippen LogP) is 1.64. The molecule has 0 radical (unpaired) electrons. The highest BCUT2D eigenvalue weighted by molar-refractivity contribution is 5.76. The summed E-state index contributed by atoms with van der Waals surface area (Å²) >= 11 is 0. The number of rotatable bonds is 3. The van der Waals surface area contributed by atoms with Crippen LogP contribution in [0, 0.1) is 0 Å². The van der Waals surface area contributed by atoms with Crippen molar-refractivity contribution < 1.29 is 9.21 Å². The van der Waals surface area contributed by atoms with E-state index in [0.29, 0.717) is 24.7 Å². The zero-order valence-corrected chi connectivity index (χ0v) is 10.5. The van der Waals surface area contributed by atoms with Crippen LogP contribution in [0.1, 0.15) is 25.2 Å².